The summed E-state index contributed by atoms with van der Waals surface area (Å²) in [6.07, 6.45) is 0. The molecule has 0 unspecified atom stereocenters. The van der Waals surface area contributed by atoms with Gasteiger partial charge in [-0.3, -0.25) is 0 Å². The summed E-state index contributed by atoms with van der Waals surface area (Å²) in [6.45, 7) is 0. The summed E-state index contributed by atoms with van der Waals surface area (Å²) in [6, 6.07) is 7.73. The zero-order valence-corrected chi connectivity index (χ0v) is 9.39. The van der Waals surface area contributed by atoms with Crippen LogP contribution in [0.5, 0.6) is 0 Å². The van der Waals surface area contributed by atoms with Crippen LogP contribution in [0.3, 0.4) is 0 Å². The maximum Gasteiger partial charge on any atom is 0.0992 e. The number of nitriles is 1. The van der Waals surface area contributed by atoms with Crippen molar-refractivity contribution < 1.29 is 0 Å². The van der Waals surface area contributed by atoms with Gasteiger partial charge in [0.05, 0.1) is 11.6 Å². The van der Waals surface area contributed by atoms with Gasteiger partial charge in [0.2, 0.25) is 0 Å². The average Bonchev–Trinajstić information content (AvgIpc) is 2.04. The zero-order valence-electron chi connectivity index (χ0n) is 5.64. The second-order valence-corrected chi connectivity index (χ2v) is 3.67. The Labute approximate surface area is 87.7 Å². The Morgan fingerprint density at radius 2 is 2.27 bits per heavy atom. The molecule has 0 saturated carbocycles. The van der Waals surface area contributed by atoms with E-state index < -0.39 is 0 Å². The van der Waals surface area contributed by atoms with Gasteiger partial charge in [-0.2, -0.15) is 5.26 Å². The van der Waals surface area contributed by atoms with E-state index in [4.69, 9.17) is 5.26 Å². The first-order valence-corrected chi connectivity index (χ1v) is 5.34. The summed E-state index contributed by atoms with van der Waals surface area (Å²) >= 11 is 5.68. The molecule has 1 aromatic carbocycles. The molecular formula is C8H5BrIN. The lowest BCUT2D eigenvalue weighted by atomic mass is 10.2. The third-order valence-corrected chi connectivity index (χ3v) is 2.89. The van der Waals surface area contributed by atoms with E-state index in [1.807, 2.05) is 18.2 Å². The highest BCUT2D eigenvalue weighted by atomic mass is 127. The van der Waals surface area contributed by atoms with Crippen LogP contribution in [0.2, 0.25) is 0 Å². The van der Waals surface area contributed by atoms with Gasteiger partial charge in [0.15, 0.2) is 0 Å². The van der Waals surface area contributed by atoms with Gasteiger partial charge in [-0.05, 0) is 17.7 Å². The van der Waals surface area contributed by atoms with Crippen molar-refractivity contribution in [2.45, 2.75) is 4.43 Å². The second kappa shape index (κ2) is 4.07. The third-order valence-electron chi connectivity index (χ3n) is 1.33. The SMILES string of the molecule is N#Cc1ccc(CI)c(Br)c1. The molecular weight excluding hydrogens is 317 g/mol. The van der Waals surface area contributed by atoms with Gasteiger partial charge in [-0.15, -0.1) is 0 Å². The number of rotatable bonds is 1. The molecule has 0 aliphatic rings. The minimum absolute atomic E-state index is 0.700. The molecule has 1 aromatic rings. The van der Waals surface area contributed by atoms with E-state index in [0.717, 1.165) is 8.90 Å². The van der Waals surface area contributed by atoms with Gasteiger partial charge in [-0.1, -0.05) is 44.6 Å². The van der Waals surface area contributed by atoms with Crippen molar-refractivity contribution in [2.75, 3.05) is 0 Å². The van der Waals surface area contributed by atoms with E-state index >= 15 is 0 Å². The van der Waals surface area contributed by atoms with Crippen LogP contribution in [-0.2, 0) is 4.43 Å². The van der Waals surface area contributed by atoms with Crippen molar-refractivity contribution in [3.63, 3.8) is 0 Å². The van der Waals surface area contributed by atoms with Gasteiger partial charge >= 0.3 is 0 Å². The minimum Gasteiger partial charge on any atom is -0.192 e. The highest BCUT2D eigenvalue weighted by Gasteiger charge is 1.98. The Balaban J connectivity index is 3.12. The fourth-order valence-electron chi connectivity index (χ4n) is 0.725. The molecule has 56 valence electrons. The van der Waals surface area contributed by atoms with E-state index in [1.165, 1.54) is 5.56 Å². The summed E-state index contributed by atoms with van der Waals surface area (Å²) in [4.78, 5) is 0. The van der Waals surface area contributed by atoms with Crippen molar-refractivity contribution >= 4 is 38.5 Å². The summed E-state index contributed by atoms with van der Waals surface area (Å²) in [5.74, 6) is 0. The van der Waals surface area contributed by atoms with Crippen LogP contribution in [0.15, 0.2) is 22.7 Å². The zero-order chi connectivity index (χ0) is 8.27. The van der Waals surface area contributed by atoms with Gasteiger partial charge in [0.1, 0.15) is 0 Å². The van der Waals surface area contributed by atoms with Crippen LogP contribution in [0.25, 0.3) is 0 Å². The number of nitrogens with zero attached hydrogens (tertiary/aromatic N) is 1. The smallest absolute Gasteiger partial charge is 0.0992 e. The Morgan fingerprint density at radius 1 is 1.55 bits per heavy atom. The molecule has 0 heterocycles. The molecule has 0 bridgehead atoms. The molecule has 0 atom stereocenters. The van der Waals surface area contributed by atoms with Crippen molar-refractivity contribution in [3.8, 4) is 6.07 Å². The highest BCUT2D eigenvalue weighted by molar-refractivity contribution is 14.1. The molecule has 1 rings (SSSR count). The van der Waals surface area contributed by atoms with Crippen molar-refractivity contribution in [1.82, 2.24) is 0 Å². The summed E-state index contributed by atoms with van der Waals surface area (Å²) in [5.41, 5.74) is 1.93. The van der Waals surface area contributed by atoms with E-state index in [1.54, 1.807) is 0 Å². The minimum atomic E-state index is 0.700. The molecule has 11 heavy (non-hydrogen) atoms. The average molecular weight is 322 g/mol. The maximum atomic E-state index is 8.55. The fraction of sp³-hybridized carbons (Fsp3) is 0.125. The molecule has 0 N–H and O–H groups in total. The fourth-order valence-corrected chi connectivity index (χ4v) is 2.43. The molecule has 0 spiro atoms. The monoisotopic (exact) mass is 321 g/mol. The van der Waals surface area contributed by atoms with E-state index in [-0.39, 0.29) is 0 Å². The molecule has 0 aliphatic carbocycles. The summed E-state index contributed by atoms with van der Waals surface area (Å²) in [5, 5.41) is 8.55. The number of alkyl halides is 1. The summed E-state index contributed by atoms with van der Waals surface area (Å²) < 4.78 is 1.98. The van der Waals surface area contributed by atoms with E-state index in [9.17, 15) is 0 Å². The molecule has 0 aromatic heterocycles. The molecule has 0 saturated heterocycles. The normalized spacial score (nSPS) is 9.18. The predicted molar refractivity (Wildman–Crippen MR) is 56.6 cm³/mol. The topological polar surface area (TPSA) is 23.8 Å². The first-order chi connectivity index (χ1) is 5.27. The van der Waals surface area contributed by atoms with E-state index in [2.05, 4.69) is 44.6 Å². The first kappa shape index (κ1) is 9.01. The van der Waals surface area contributed by atoms with Crippen LogP contribution in [0, 0.1) is 11.3 Å². The van der Waals surface area contributed by atoms with Crippen LogP contribution in [0.1, 0.15) is 11.1 Å². The number of benzene rings is 1. The van der Waals surface area contributed by atoms with Gasteiger partial charge < -0.3 is 0 Å². The predicted octanol–water partition coefficient (Wildman–Crippen LogP) is 3.26. The van der Waals surface area contributed by atoms with E-state index in [0.29, 0.717) is 5.56 Å². The van der Waals surface area contributed by atoms with Crippen LogP contribution < -0.4 is 0 Å². The third kappa shape index (κ3) is 2.17. The maximum absolute atomic E-state index is 8.55. The molecule has 0 aliphatic heterocycles. The van der Waals surface area contributed by atoms with Crippen LogP contribution in [0.4, 0.5) is 0 Å². The molecule has 3 heteroatoms. The molecule has 0 fully saturated rings. The van der Waals surface area contributed by atoms with Crippen molar-refractivity contribution in [1.29, 1.82) is 5.26 Å². The Morgan fingerprint density at radius 3 is 2.73 bits per heavy atom. The van der Waals surface area contributed by atoms with Crippen LogP contribution in [-0.4, -0.2) is 0 Å². The Kier molecular flexibility index (Phi) is 3.34. The van der Waals surface area contributed by atoms with Gasteiger partial charge in [-0.25, -0.2) is 0 Å². The highest BCUT2D eigenvalue weighted by Crippen LogP contribution is 2.20. The largest absolute Gasteiger partial charge is 0.192 e. The van der Waals surface area contributed by atoms with Gasteiger partial charge in [0, 0.05) is 8.90 Å². The standard InChI is InChI=1S/C8H5BrIN/c9-8-3-6(5-11)1-2-7(8)4-10/h1-3H,4H2. The number of hydrogen-bond acceptors (Lipinski definition) is 1. The molecule has 0 amide bonds. The molecule has 1 nitrogen and oxygen atoms in total. The second-order valence-electron chi connectivity index (χ2n) is 2.05. The van der Waals surface area contributed by atoms with Gasteiger partial charge in [0.25, 0.3) is 0 Å². The summed E-state index contributed by atoms with van der Waals surface area (Å²) in [7, 11) is 0. The lowest BCUT2D eigenvalue weighted by molar-refractivity contribution is 1.39. The Hall–Kier alpha value is -0.0800. The Bertz CT molecular complexity index is 303. The molecule has 0 radical (unpaired) electrons. The van der Waals surface area contributed by atoms with Crippen LogP contribution >= 0.6 is 38.5 Å². The van der Waals surface area contributed by atoms with Crippen molar-refractivity contribution in [2.24, 2.45) is 0 Å². The quantitative estimate of drug-likeness (QED) is 0.575. The van der Waals surface area contributed by atoms with Crippen molar-refractivity contribution in [3.05, 3.63) is 33.8 Å². The number of halogens is 2. The lowest BCUT2D eigenvalue weighted by Gasteiger charge is -1.98. The number of hydrogen-bond donors (Lipinski definition) is 0. The lowest BCUT2D eigenvalue weighted by Crippen LogP contribution is -1.81. The first-order valence-electron chi connectivity index (χ1n) is 3.02.